The molecule has 0 aliphatic carbocycles. The fourth-order valence-corrected chi connectivity index (χ4v) is 1.68. The van der Waals surface area contributed by atoms with Crippen LogP contribution in [0.5, 0.6) is 5.75 Å². The molecule has 2 unspecified atom stereocenters. The molecule has 0 fully saturated rings. The number of carbonyl (C=O) groups excluding carboxylic acids is 2. The van der Waals surface area contributed by atoms with Gasteiger partial charge in [-0.15, -0.1) is 0 Å². The van der Waals surface area contributed by atoms with Crippen molar-refractivity contribution in [3.8, 4) is 5.75 Å². The van der Waals surface area contributed by atoms with Crippen molar-refractivity contribution in [2.75, 3.05) is 7.05 Å². The molecule has 0 heterocycles. The summed E-state index contributed by atoms with van der Waals surface area (Å²) >= 11 is 5.90. The lowest BCUT2D eigenvalue weighted by Gasteiger charge is -2.18. The number of nitrogens with two attached hydrogens (primary N) is 1. The van der Waals surface area contributed by atoms with Crippen LogP contribution in [0, 0.1) is 0 Å². The molecule has 1 aromatic carbocycles. The molecule has 1 rings (SSSR count). The van der Waals surface area contributed by atoms with E-state index in [2.05, 4.69) is 10.6 Å². The number of hydrogen-bond donors (Lipinski definition) is 3. The number of benzene rings is 1. The zero-order valence-corrected chi connectivity index (χ0v) is 12.3. The topological polar surface area (TPSA) is 93.5 Å². The molecule has 110 valence electrons. The minimum absolute atomic E-state index is 0.294. The monoisotopic (exact) mass is 299 g/mol. The Morgan fingerprint density at radius 3 is 2.55 bits per heavy atom. The average molecular weight is 300 g/mol. The third-order valence-corrected chi connectivity index (χ3v) is 2.83. The summed E-state index contributed by atoms with van der Waals surface area (Å²) in [6.45, 7) is 3.33. The van der Waals surface area contributed by atoms with Gasteiger partial charge in [-0.1, -0.05) is 11.6 Å². The fraction of sp³-hybridized carbons (Fsp3) is 0.385. The summed E-state index contributed by atoms with van der Waals surface area (Å²) in [5, 5.41) is 4.96. The molecule has 0 aromatic heterocycles. The van der Waals surface area contributed by atoms with Crippen LogP contribution >= 0.6 is 11.6 Å². The minimum Gasteiger partial charge on any atom is -0.481 e. The van der Waals surface area contributed by atoms with E-state index in [-0.39, 0.29) is 6.04 Å². The van der Waals surface area contributed by atoms with Gasteiger partial charge in [0.05, 0.1) is 0 Å². The summed E-state index contributed by atoms with van der Waals surface area (Å²) in [7, 11) is 1.42. The molecule has 1 aromatic rings. The first-order valence-corrected chi connectivity index (χ1v) is 6.47. The maximum absolute atomic E-state index is 11.7. The van der Waals surface area contributed by atoms with Gasteiger partial charge in [-0.25, -0.2) is 4.79 Å². The smallest absolute Gasteiger partial charge is 0.321 e. The van der Waals surface area contributed by atoms with Gasteiger partial charge in [0.2, 0.25) is 0 Å². The molecule has 0 saturated carbocycles. The van der Waals surface area contributed by atoms with Gasteiger partial charge in [0.25, 0.3) is 5.91 Å². The molecule has 6 nitrogen and oxygen atoms in total. The highest BCUT2D eigenvalue weighted by molar-refractivity contribution is 6.30. The molecule has 0 radical (unpaired) electrons. The molecule has 2 atom stereocenters. The van der Waals surface area contributed by atoms with Crippen LogP contribution in [0.1, 0.15) is 25.5 Å². The molecule has 3 amide bonds. The summed E-state index contributed by atoms with van der Waals surface area (Å²) in [5.41, 5.74) is 6.53. The summed E-state index contributed by atoms with van der Waals surface area (Å²) < 4.78 is 5.54. The zero-order valence-electron chi connectivity index (χ0n) is 11.6. The molecule has 0 aliphatic heterocycles. The Hall–Kier alpha value is -1.79. The Morgan fingerprint density at radius 1 is 1.35 bits per heavy atom. The lowest BCUT2D eigenvalue weighted by Crippen LogP contribution is -2.44. The Kier molecular flexibility index (Phi) is 5.79. The minimum atomic E-state index is -0.842. The van der Waals surface area contributed by atoms with E-state index in [1.54, 1.807) is 25.1 Å². The van der Waals surface area contributed by atoms with E-state index in [0.717, 1.165) is 0 Å². The standard InChI is InChI=1S/C13H18ClN3O3/c1-7(15)10-6-9(14)4-5-11(10)20-8(2)12(18)17-13(19)16-3/h4-8H,15H2,1-3H3,(H2,16,17,18,19). The van der Waals surface area contributed by atoms with Crippen molar-refractivity contribution in [3.63, 3.8) is 0 Å². The molecule has 20 heavy (non-hydrogen) atoms. The third-order valence-electron chi connectivity index (χ3n) is 2.60. The quantitative estimate of drug-likeness (QED) is 0.787. The van der Waals surface area contributed by atoms with E-state index in [4.69, 9.17) is 22.1 Å². The van der Waals surface area contributed by atoms with Crippen molar-refractivity contribution in [2.24, 2.45) is 5.73 Å². The molecule has 4 N–H and O–H groups in total. The first-order valence-electron chi connectivity index (χ1n) is 6.09. The Balaban J connectivity index is 2.82. The second-order valence-corrected chi connectivity index (χ2v) is 4.74. The number of nitrogens with one attached hydrogen (secondary N) is 2. The van der Waals surface area contributed by atoms with Crippen LogP contribution in [0.2, 0.25) is 5.02 Å². The van der Waals surface area contributed by atoms with Gasteiger partial charge in [0.1, 0.15) is 5.75 Å². The van der Waals surface area contributed by atoms with Crippen LogP contribution in [0.3, 0.4) is 0 Å². The van der Waals surface area contributed by atoms with Gasteiger partial charge in [-0.3, -0.25) is 10.1 Å². The Morgan fingerprint density at radius 2 is 2.00 bits per heavy atom. The van der Waals surface area contributed by atoms with E-state index in [1.165, 1.54) is 14.0 Å². The van der Waals surface area contributed by atoms with Crippen molar-refractivity contribution in [1.82, 2.24) is 10.6 Å². The molecular formula is C13H18ClN3O3. The van der Waals surface area contributed by atoms with Gasteiger partial charge >= 0.3 is 6.03 Å². The number of ether oxygens (including phenoxy) is 1. The number of carbonyl (C=O) groups is 2. The fourth-order valence-electron chi connectivity index (χ4n) is 1.50. The molecule has 7 heteroatoms. The van der Waals surface area contributed by atoms with Gasteiger partial charge in [-0.2, -0.15) is 0 Å². The van der Waals surface area contributed by atoms with Crippen LogP contribution in [-0.2, 0) is 4.79 Å². The third kappa shape index (κ3) is 4.40. The van der Waals surface area contributed by atoms with Crippen molar-refractivity contribution in [2.45, 2.75) is 26.0 Å². The second kappa shape index (κ2) is 7.12. The number of rotatable bonds is 4. The zero-order chi connectivity index (χ0) is 15.3. The van der Waals surface area contributed by atoms with Crippen LogP contribution in [-0.4, -0.2) is 25.1 Å². The normalized spacial score (nSPS) is 13.2. The number of imide groups is 1. The van der Waals surface area contributed by atoms with E-state index >= 15 is 0 Å². The van der Waals surface area contributed by atoms with Crippen molar-refractivity contribution in [1.29, 1.82) is 0 Å². The van der Waals surface area contributed by atoms with Gasteiger partial charge in [0, 0.05) is 23.7 Å². The Bertz CT molecular complexity index is 506. The van der Waals surface area contributed by atoms with E-state index < -0.39 is 18.0 Å². The van der Waals surface area contributed by atoms with Crippen molar-refractivity contribution < 1.29 is 14.3 Å². The SMILES string of the molecule is CNC(=O)NC(=O)C(C)Oc1ccc(Cl)cc1C(C)N. The average Bonchev–Trinajstić information content (AvgIpc) is 2.40. The van der Waals surface area contributed by atoms with Crippen LogP contribution in [0.15, 0.2) is 18.2 Å². The van der Waals surface area contributed by atoms with E-state index in [9.17, 15) is 9.59 Å². The molecule has 0 bridgehead atoms. The number of hydrogen-bond acceptors (Lipinski definition) is 4. The lowest BCUT2D eigenvalue weighted by molar-refractivity contribution is -0.126. The van der Waals surface area contributed by atoms with Crippen LogP contribution in [0.25, 0.3) is 0 Å². The predicted octanol–water partition coefficient (Wildman–Crippen LogP) is 1.58. The molecule has 0 saturated heterocycles. The maximum atomic E-state index is 11.7. The molecule has 0 aliphatic rings. The van der Waals surface area contributed by atoms with Crippen molar-refractivity contribution in [3.05, 3.63) is 28.8 Å². The lowest BCUT2D eigenvalue weighted by atomic mass is 10.1. The summed E-state index contributed by atoms with van der Waals surface area (Å²) in [5.74, 6) is -0.0844. The maximum Gasteiger partial charge on any atom is 0.321 e. The highest BCUT2D eigenvalue weighted by Gasteiger charge is 2.19. The second-order valence-electron chi connectivity index (χ2n) is 4.30. The first kappa shape index (κ1) is 16.3. The molecular weight excluding hydrogens is 282 g/mol. The van der Waals surface area contributed by atoms with Gasteiger partial charge < -0.3 is 15.8 Å². The number of halogens is 1. The van der Waals surface area contributed by atoms with E-state index in [1.807, 2.05) is 0 Å². The number of urea groups is 1. The Labute approximate surface area is 122 Å². The highest BCUT2D eigenvalue weighted by atomic mass is 35.5. The summed E-state index contributed by atoms with van der Waals surface area (Å²) in [6, 6.07) is 4.09. The van der Waals surface area contributed by atoms with Crippen molar-refractivity contribution >= 4 is 23.5 Å². The van der Waals surface area contributed by atoms with E-state index in [0.29, 0.717) is 16.3 Å². The van der Waals surface area contributed by atoms with Crippen LogP contribution < -0.4 is 21.1 Å². The first-order chi connectivity index (χ1) is 9.35. The summed E-state index contributed by atoms with van der Waals surface area (Å²) in [6.07, 6.45) is -0.842. The highest BCUT2D eigenvalue weighted by Crippen LogP contribution is 2.28. The molecule has 0 spiro atoms. The van der Waals surface area contributed by atoms with Gasteiger partial charge in [0.15, 0.2) is 6.10 Å². The van der Waals surface area contributed by atoms with Gasteiger partial charge in [-0.05, 0) is 32.0 Å². The number of amides is 3. The summed E-state index contributed by atoms with van der Waals surface area (Å²) in [4.78, 5) is 22.8. The largest absolute Gasteiger partial charge is 0.481 e. The van der Waals surface area contributed by atoms with Crippen LogP contribution in [0.4, 0.5) is 4.79 Å². The predicted molar refractivity (Wildman–Crippen MR) is 76.7 cm³/mol.